The fraction of sp³-hybridized carbons (Fsp3) is 0.636. The summed E-state index contributed by atoms with van der Waals surface area (Å²) >= 11 is 0. The Morgan fingerprint density at radius 3 is 2.75 bits per heavy atom. The van der Waals surface area contributed by atoms with Gasteiger partial charge in [-0.2, -0.15) is 0 Å². The van der Waals surface area contributed by atoms with Crippen LogP contribution in [0.2, 0.25) is 0 Å². The van der Waals surface area contributed by atoms with Gasteiger partial charge in [0, 0.05) is 7.11 Å². The molecule has 6 heteroatoms. The third-order valence-electron chi connectivity index (χ3n) is 6.25. The number of hydrogen-bond donors (Lipinski definition) is 1. The van der Waals surface area contributed by atoms with Gasteiger partial charge in [-0.1, -0.05) is 25.5 Å². The molecule has 1 fully saturated rings. The lowest BCUT2D eigenvalue weighted by Crippen LogP contribution is -2.31. The quantitative estimate of drug-likeness (QED) is 0.686. The molecule has 0 amide bonds. The van der Waals surface area contributed by atoms with Crippen LogP contribution in [0.25, 0.3) is 0 Å². The van der Waals surface area contributed by atoms with Gasteiger partial charge in [0.15, 0.2) is 12.7 Å². The topological polar surface area (TPSA) is 82.1 Å². The van der Waals surface area contributed by atoms with Crippen LogP contribution in [-0.2, 0) is 31.9 Å². The predicted octanol–water partition coefficient (Wildman–Crippen LogP) is 3.25. The van der Waals surface area contributed by atoms with E-state index in [-0.39, 0.29) is 18.7 Å². The van der Waals surface area contributed by atoms with E-state index >= 15 is 0 Å². The summed E-state index contributed by atoms with van der Waals surface area (Å²) in [6.07, 6.45) is 4.04. The molecule has 6 nitrogen and oxygen atoms in total. The molecular formula is C22H30O6. The number of benzene rings is 1. The minimum atomic E-state index is -0.977. The maximum Gasteiger partial charge on any atom is 0.341 e. The molecule has 154 valence electrons. The summed E-state index contributed by atoms with van der Waals surface area (Å²) in [6, 6.07) is 5.88. The van der Waals surface area contributed by atoms with E-state index in [1.54, 1.807) is 6.92 Å². The number of rotatable bonds is 8. The lowest BCUT2D eigenvalue weighted by atomic mass is 9.73. The van der Waals surface area contributed by atoms with Crippen LogP contribution in [0, 0.1) is 17.8 Å². The monoisotopic (exact) mass is 390 g/mol. The lowest BCUT2D eigenvalue weighted by molar-refractivity contribution is -0.162. The summed E-state index contributed by atoms with van der Waals surface area (Å²) in [7, 11) is 1.51. The van der Waals surface area contributed by atoms with Crippen molar-refractivity contribution in [1.82, 2.24) is 0 Å². The van der Waals surface area contributed by atoms with Gasteiger partial charge in [-0.3, -0.25) is 0 Å². The smallest absolute Gasteiger partial charge is 0.341 e. The third-order valence-corrected chi connectivity index (χ3v) is 6.25. The van der Waals surface area contributed by atoms with Gasteiger partial charge in [0.1, 0.15) is 11.9 Å². The first-order valence-corrected chi connectivity index (χ1v) is 10.1. The van der Waals surface area contributed by atoms with E-state index in [2.05, 4.69) is 13.0 Å². The number of carboxylic acids is 1. The highest BCUT2D eigenvalue weighted by molar-refractivity contribution is 5.74. The van der Waals surface area contributed by atoms with Gasteiger partial charge in [-0.25, -0.2) is 9.59 Å². The van der Waals surface area contributed by atoms with Crippen LogP contribution in [-0.4, -0.2) is 43.0 Å². The highest BCUT2D eigenvalue weighted by atomic mass is 16.6. The first-order valence-electron chi connectivity index (χ1n) is 10.1. The fourth-order valence-electron chi connectivity index (χ4n) is 4.86. The largest absolute Gasteiger partial charge is 0.482 e. The molecule has 1 aromatic rings. The van der Waals surface area contributed by atoms with Crippen molar-refractivity contribution in [2.24, 2.45) is 17.8 Å². The van der Waals surface area contributed by atoms with Crippen molar-refractivity contribution in [3.63, 3.8) is 0 Å². The second-order valence-electron chi connectivity index (χ2n) is 7.95. The molecule has 1 N–H and O–H groups in total. The van der Waals surface area contributed by atoms with Gasteiger partial charge in [0.2, 0.25) is 0 Å². The molecule has 1 saturated carbocycles. The summed E-state index contributed by atoms with van der Waals surface area (Å²) in [4.78, 5) is 23.2. The van der Waals surface area contributed by atoms with Crippen LogP contribution < -0.4 is 4.74 Å². The number of carboxylic acid groups (broad SMARTS) is 1. The van der Waals surface area contributed by atoms with Crippen molar-refractivity contribution in [3.8, 4) is 5.75 Å². The Labute approximate surface area is 166 Å². The number of fused-ring (bicyclic) bond motifs is 2. The summed E-state index contributed by atoms with van der Waals surface area (Å²) < 4.78 is 16.5. The molecule has 0 heterocycles. The van der Waals surface area contributed by atoms with Crippen molar-refractivity contribution in [1.29, 1.82) is 0 Å². The second kappa shape index (κ2) is 8.95. The minimum Gasteiger partial charge on any atom is -0.482 e. The molecule has 2 aliphatic carbocycles. The normalized spacial score (nSPS) is 26.8. The Bertz CT molecular complexity index is 715. The van der Waals surface area contributed by atoms with Crippen LogP contribution >= 0.6 is 0 Å². The zero-order valence-electron chi connectivity index (χ0n) is 16.8. The van der Waals surface area contributed by atoms with Crippen LogP contribution in [0.5, 0.6) is 5.75 Å². The molecule has 0 unspecified atom stereocenters. The van der Waals surface area contributed by atoms with E-state index in [0.29, 0.717) is 23.5 Å². The van der Waals surface area contributed by atoms with E-state index < -0.39 is 12.1 Å². The summed E-state index contributed by atoms with van der Waals surface area (Å²) in [5, 5.41) is 8.92. The standard InChI is InChI=1S/C22H30O6/c1-4-6-16-17-9-14-7-5-8-19(27-12-21(23)24)18(14)10-15(17)11-20(16)28-22(25)13(2)26-3/h5,7-8,13,15-17,20H,4,6,9-12H2,1-3H3,(H,23,24)/t13-,15+,16-,17+,20-/m1/s1. The first kappa shape index (κ1) is 20.6. The Kier molecular flexibility index (Phi) is 6.60. The molecule has 1 aromatic carbocycles. The fourth-order valence-corrected chi connectivity index (χ4v) is 4.86. The maximum atomic E-state index is 12.3. The Balaban J connectivity index is 1.78. The molecule has 0 bridgehead atoms. The summed E-state index contributed by atoms with van der Waals surface area (Å²) in [5.74, 6) is 0.621. The number of ether oxygens (including phenoxy) is 3. The van der Waals surface area contributed by atoms with Crippen molar-refractivity contribution < 1.29 is 28.9 Å². The zero-order chi connectivity index (χ0) is 20.3. The molecule has 0 spiro atoms. The molecule has 28 heavy (non-hydrogen) atoms. The molecule has 0 radical (unpaired) electrons. The molecule has 0 aliphatic heterocycles. The van der Waals surface area contributed by atoms with Crippen molar-refractivity contribution in [2.75, 3.05) is 13.7 Å². The molecule has 0 saturated heterocycles. The van der Waals surface area contributed by atoms with Gasteiger partial charge in [0.25, 0.3) is 0 Å². The van der Waals surface area contributed by atoms with E-state index in [1.807, 2.05) is 12.1 Å². The number of carbonyl (C=O) groups excluding carboxylic acids is 1. The molecular weight excluding hydrogens is 360 g/mol. The highest BCUT2D eigenvalue weighted by Gasteiger charge is 2.47. The predicted molar refractivity (Wildman–Crippen MR) is 103 cm³/mol. The average molecular weight is 390 g/mol. The van der Waals surface area contributed by atoms with E-state index in [0.717, 1.165) is 37.7 Å². The Morgan fingerprint density at radius 2 is 2.07 bits per heavy atom. The van der Waals surface area contributed by atoms with Crippen LogP contribution in [0.3, 0.4) is 0 Å². The highest BCUT2D eigenvalue weighted by Crippen LogP contribution is 2.49. The van der Waals surface area contributed by atoms with Gasteiger partial charge < -0.3 is 19.3 Å². The number of aliphatic carboxylic acids is 1. The van der Waals surface area contributed by atoms with Crippen LogP contribution in [0.15, 0.2) is 18.2 Å². The minimum absolute atomic E-state index is 0.0854. The number of carbonyl (C=O) groups is 2. The SMILES string of the molecule is CCC[C@@H]1[C@H]2Cc3cccc(OCC(=O)O)c3C[C@H]2C[C@H]1OC(=O)[C@@H](C)OC. The van der Waals surface area contributed by atoms with Crippen LogP contribution in [0.1, 0.15) is 44.2 Å². The van der Waals surface area contributed by atoms with Crippen LogP contribution in [0.4, 0.5) is 0 Å². The number of methoxy groups -OCH3 is 1. The Morgan fingerprint density at radius 1 is 1.29 bits per heavy atom. The van der Waals surface area contributed by atoms with Gasteiger partial charge in [-0.05, 0) is 67.6 Å². The Hall–Kier alpha value is -2.08. The number of esters is 1. The summed E-state index contributed by atoms with van der Waals surface area (Å²) in [5.41, 5.74) is 2.33. The summed E-state index contributed by atoms with van der Waals surface area (Å²) in [6.45, 7) is 3.54. The maximum absolute atomic E-state index is 12.3. The lowest BCUT2D eigenvalue weighted by Gasteiger charge is -2.32. The van der Waals surface area contributed by atoms with E-state index in [4.69, 9.17) is 19.3 Å². The van der Waals surface area contributed by atoms with Gasteiger partial charge in [-0.15, -0.1) is 0 Å². The molecule has 5 atom stereocenters. The van der Waals surface area contributed by atoms with Gasteiger partial charge >= 0.3 is 11.9 Å². The third kappa shape index (κ3) is 4.32. The molecule has 2 aliphatic rings. The first-order chi connectivity index (χ1) is 13.4. The van der Waals surface area contributed by atoms with E-state index in [9.17, 15) is 9.59 Å². The van der Waals surface area contributed by atoms with Crippen molar-refractivity contribution >= 4 is 11.9 Å². The van der Waals surface area contributed by atoms with E-state index in [1.165, 1.54) is 12.7 Å². The zero-order valence-corrected chi connectivity index (χ0v) is 16.8. The number of hydrogen-bond acceptors (Lipinski definition) is 5. The van der Waals surface area contributed by atoms with Crippen molar-refractivity contribution in [3.05, 3.63) is 29.3 Å². The average Bonchev–Trinajstić information content (AvgIpc) is 3.00. The second-order valence-corrected chi connectivity index (χ2v) is 7.95. The van der Waals surface area contributed by atoms with Gasteiger partial charge in [0.05, 0.1) is 0 Å². The van der Waals surface area contributed by atoms with Crippen molar-refractivity contribution in [2.45, 2.75) is 58.2 Å². The molecule has 0 aromatic heterocycles. The molecule has 3 rings (SSSR count).